The van der Waals surface area contributed by atoms with Crippen LogP contribution in [0.4, 0.5) is 0 Å². The van der Waals surface area contributed by atoms with Gasteiger partial charge in [-0.3, -0.25) is 5.73 Å². The zero-order valence-electron chi connectivity index (χ0n) is 6.91. The van der Waals surface area contributed by atoms with Crippen LogP contribution in [0.2, 0.25) is 0 Å². The van der Waals surface area contributed by atoms with Gasteiger partial charge in [-0.05, 0) is 6.92 Å². The van der Waals surface area contributed by atoms with Crippen LogP contribution >= 0.6 is 0 Å². The Bertz CT molecular complexity index is 218. The summed E-state index contributed by atoms with van der Waals surface area (Å²) >= 11 is 0. The molecule has 68 valence electrons. The van der Waals surface area contributed by atoms with Crippen molar-refractivity contribution in [3.8, 4) is 0 Å². The molecule has 0 spiro atoms. The maximum absolute atomic E-state index is 5.65. The Morgan fingerprint density at radius 2 is 2.25 bits per heavy atom. The van der Waals surface area contributed by atoms with Gasteiger partial charge in [-0.2, -0.15) is 0 Å². The monoisotopic (exact) mass is 170 g/mol. The molecule has 6 heteroatoms. The van der Waals surface area contributed by atoms with E-state index < -0.39 is 0 Å². The molecular weight excluding hydrogens is 156 g/mol. The third kappa shape index (κ3) is 1.66. The number of hydrogen-bond donors (Lipinski definition) is 5. The lowest BCUT2D eigenvalue weighted by Crippen LogP contribution is -2.43. The Kier molecular flexibility index (Phi) is 2.51. The van der Waals surface area contributed by atoms with Gasteiger partial charge >= 0.3 is 0 Å². The van der Waals surface area contributed by atoms with E-state index in [0.29, 0.717) is 5.82 Å². The summed E-state index contributed by atoms with van der Waals surface area (Å²) in [5, 5.41) is 5.81. The summed E-state index contributed by atoms with van der Waals surface area (Å²) in [7, 11) is 0. The molecule has 6 nitrogen and oxygen atoms in total. The molecule has 0 aromatic carbocycles. The smallest absolute Gasteiger partial charge is 0.151 e. The van der Waals surface area contributed by atoms with Crippen molar-refractivity contribution in [2.24, 2.45) is 22.2 Å². The molecule has 2 atom stereocenters. The molecule has 0 fully saturated rings. The van der Waals surface area contributed by atoms with E-state index in [9.17, 15) is 0 Å². The minimum atomic E-state index is -0.329. The van der Waals surface area contributed by atoms with Crippen LogP contribution in [0.15, 0.2) is 16.5 Å². The summed E-state index contributed by atoms with van der Waals surface area (Å²) in [6.45, 7) is 1.84. The number of aliphatic imine (C=N–C) groups is 1. The van der Waals surface area contributed by atoms with Crippen molar-refractivity contribution in [1.82, 2.24) is 10.6 Å². The fourth-order valence-electron chi connectivity index (χ4n) is 1.03. The van der Waals surface area contributed by atoms with Gasteiger partial charge in [0.1, 0.15) is 0 Å². The summed E-state index contributed by atoms with van der Waals surface area (Å²) in [5.41, 5.74) is 17.1. The Hall–Kier alpha value is -1.27. The molecule has 0 saturated heterocycles. The van der Waals surface area contributed by atoms with Crippen LogP contribution in [0.5, 0.6) is 0 Å². The first-order valence-corrected chi connectivity index (χ1v) is 3.68. The molecule has 8 N–H and O–H groups in total. The molecular formula is C6H14N6. The Morgan fingerprint density at radius 1 is 1.58 bits per heavy atom. The van der Waals surface area contributed by atoms with Crippen LogP contribution < -0.4 is 27.8 Å². The maximum atomic E-state index is 5.65. The highest BCUT2D eigenvalue weighted by atomic mass is 15.3. The van der Waals surface area contributed by atoms with E-state index in [1.807, 2.05) is 6.92 Å². The molecule has 1 aliphatic heterocycles. The molecule has 0 aliphatic carbocycles. The lowest BCUT2D eigenvalue weighted by molar-refractivity contribution is 0.562. The summed E-state index contributed by atoms with van der Waals surface area (Å²) < 4.78 is 0. The maximum Gasteiger partial charge on any atom is 0.151 e. The van der Waals surface area contributed by atoms with Crippen LogP contribution in [0.1, 0.15) is 6.92 Å². The third-order valence-corrected chi connectivity index (χ3v) is 1.52. The molecule has 1 rings (SSSR count). The first-order valence-electron chi connectivity index (χ1n) is 3.68. The van der Waals surface area contributed by atoms with Crippen molar-refractivity contribution in [2.75, 3.05) is 0 Å². The van der Waals surface area contributed by atoms with Crippen molar-refractivity contribution in [3.63, 3.8) is 0 Å². The van der Waals surface area contributed by atoms with Gasteiger partial charge in [0.25, 0.3) is 0 Å². The molecule has 12 heavy (non-hydrogen) atoms. The molecule has 2 unspecified atom stereocenters. The van der Waals surface area contributed by atoms with Crippen LogP contribution in [0.3, 0.4) is 0 Å². The number of nitrogens with one attached hydrogen (secondary N) is 2. The second kappa shape index (κ2) is 3.42. The minimum absolute atomic E-state index is 0.134. The Morgan fingerprint density at radius 3 is 2.75 bits per heavy atom. The van der Waals surface area contributed by atoms with Crippen LogP contribution in [-0.4, -0.2) is 18.7 Å². The first-order chi connectivity index (χ1) is 5.65. The fourth-order valence-corrected chi connectivity index (χ4v) is 1.03. The lowest BCUT2D eigenvalue weighted by atomic mass is 10.2. The molecule has 0 aromatic heterocycles. The third-order valence-electron chi connectivity index (χ3n) is 1.52. The molecule has 1 aliphatic rings. The second-order valence-electron chi connectivity index (χ2n) is 2.60. The van der Waals surface area contributed by atoms with Crippen LogP contribution in [0, 0.1) is 0 Å². The van der Waals surface area contributed by atoms with Crippen molar-refractivity contribution in [3.05, 3.63) is 11.5 Å². The highest BCUT2D eigenvalue weighted by molar-refractivity contribution is 5.53. The topological polar surface area (TPSA) is 114 Å². The molecule has 1 heterocycles. The molecule has 0 saturated carbocycles. The van der Waals surface area contributed by atoms with Gasteiger partial charge in [0.15, 0.2) is 12.1 Å². The quantitative estimate of drug-likeness (QED) is 0.241. The normalized spacial score (nSPS) is 25.8. The predicted octanol–water partition coefficient (Wildman–Crippen LogP) is -2.08. The van der Waals surface area contributed by atoms with Gasteiger partial charge in [0, 0.05) is 6.04 Å². The van der Waals surface area contributed by atoms with Crippen LogP contribution in [0.25, 0.3) is 0 Å². The molecule has 0 bridgehead atoms. The Labute approximate surface area is 70.9 Å². The number of rotatable bonds is 2. The van der Waals surface area contributed by atoms with Crippen molar-refractivity contribution in [2.45, 2.75) is 19.3 Å². The van der Waals surface area contributed by atoms with E-state index in [1.54, 1.807) is 0 Å². The average Bonchev–Trinajstić information content (AvgIpc) is 2.32. The SMILES string of the molecule is CC(N)C1=C(/N=C\N)NC(N)N1. The lowest BCUT2D eigenvalue weighted by Gasteiger charge is -2.08. The summed E-state index contributed by atoms with van der Waals surface area (Å²) in [5.74, 6) is 0.611. The summed E-state index contributed by atoms with van der Waals surface area (Å²) in [6, 6.07) is -0.134. The number of nitrogens with zero attached hydrogens (tertiary/aromatic N) is 1. The number of hydrogen-bond acceptors (Lipinski definition) is 5. The largest absolute Gasteiger partial charge is 0.390 e. The predicted molar refractivity (Wildman–Crippen MR) is 47.6 cm³/mol. The fraction of sp³-hybridized carbons (Fsp3) is 0.500. The zero-order chi connectivity index (χ0) is 9.14. The van der Waals surface area contributed by atoms with Crippen LogP contribution in [-0.2, 0) is 0 Å². The number of nitrogens with two attached hydrogens (primary N) is 3. The van der Waals surface area contributed by atoms with E-state index in [1.165, 1.54) is 6.34 Å². The van der Waals surface area contributed by atoms with Gasteiger partial charge < -0.3 is 22.1 Å². The van der Waals surface area contributed by atoms with E-state index in [0.717, 1.165) is 5.70 Å². The van der Waals surface area contributed by atoms with E-state index >= 15 is 0 Å². The van der Waals surface area contributed by atoms with Gasteiger partial charge in [0.05, 0.1) is 12.0 Å². The van der Waals surface area contributed by atoms with Gasteiger partial charge in [-0.15, -0.1) is 0 Å². The highest BCUT2D eigenvalue weighted by Crippen LogP contribution is 2.08. The second-order valence-corrected chi connectivity index (χ2v) is 2.60. The van der Waals surface area contributed by atoms with Crippen molar-refractivity contribution >= 4 is 6.34 Å². The summed E-state index contributed by atoms with van der Waals surface area (Å²) in [4.78, 5) is 3.88. The molecule has 0 amide bonds. The van der Waals surface area contributed by atoms with Crippen molar-refractivity contribution in [1.29, 1.82) is 0 Å². The standard InChI is InChI=1S/C6H14N6/c1-3(8)4-5(10-2-7)12-6(9)11-4/h2-3,6,11-12H,8-9H2,1H3,(H2,7,10). The average molecular weight is 170 g/mol. The van der Waals surface area contributed by atoms with Gasteiger partial charge in [0.2, 0.25) is 0 Å². The first kappa shape index (κ1) is 8.82. The minimum Gasteiger partial charge on any atom is -0.390 e. The molecule has 0 radical (unpaired) electrons. The molecule has 0 aromatic rings. The van der Waals surface area contributed by atoms with Crippen molar-refractivity contribution < 1.29 is 0 Å². The van der Waals surface area contributed by atoms with Gasteiger partial charge in [-0.1, -0.05) is 0 Å². The van der Waals surface area contributed by atoms with E-state index in [2.05, 4.69) is 15.6 Å². The van der Waals surface area contributed by atoms with E-state index in [4.69, 9.17) is 17.2 Å². The Balaban J connectivity index is 2.81. The van der Waals surface area contributed by atoms with E-state index in [-0.39, 0.29) is 12.3 Å². The highest BCUT2D eigenvalue weighted by Gasteiger charge is 2.20. The summed E-state index contributed by atoms with van der Waals surface area (Å²) in [6.07, 6.45) is 0.870. The van der Waals surface area contributed by atoms with Gasteiger partial charge in [-0.25, -0.2) is 4.99 Å². The zero-order valence-corrected chi connectivity index (χ0v) is 6.91.